The standard InChI is InChI=1S/C25H31N3O5/c1-5-32-18-8-9-19(20(16-18)33-6-2)23(29)21-22(17-10-12-26-13-11-17)28(25(31)24(21)30)15-7-14-27(3)4/h8-13,16,22,29H,5-7,14-15H2,1-4H3/b23-21-. The Morgan fingerprint density at radius 1 is 1.09 bits per heavy atom. The highest BCUT2D eigenvalue weighted by atomic mass is 16.5. The number of aromatic nitrogens is 1. The first-order chi connectivity index (χ1) is 15.9. The summed E-state index contributed by atoms with van der Waals surface area (Å²) in [5, 5.41) is 11.3. The third kappa shape index (κ3) is 5.34. The SMILES string of the molecule is CCOc1ccc(/C(O)=C2/C(=O)C(=O)N(CCCN(C)C)C2c2ccncc2)c(OCC)c1. The van der Waals surface area contributed by atoms with E-state index in [2.05, 4.69) is 4.98 Å². The van der Waals surface area contributed by atoms with Crippen LogP contribution in [0.2, 0.25) is 0 Å². The molecular formula is C25H31N3O5. The molecule has 1 aromatic heterocycles. The Labute approximate surface area is 194 Å². The molecule has 1 atom stereocenters. The van der Waals surface area contributed by atoms with Gasteiger partial charge in [0.25, 0.3) is 11.7 Å². The summed E-state index contributed by atoms with van der Waals surface area (Å²) < 4.78 is 11.3. The number of likely N-dealkylation sites (tertiary alicyclic amines) is 1. The quantitative estimate of drug-likeness (QED) is 0.335. The summed E-state index contributed by atoms with van der Waals surface area (Å²) in [6.07, 6.45) is 3.91. The molecule has 1 unspecified atom stereocenters. The average Bonchev–Trinajstić information content (AvgIpc) is 3.05. The van der Waals surface area contributed by atoms with Crippen LogP contribution in [-0.4, -0.2) is 72.0 Å². The lowest BCUT2D eigenvalue weighted by atomic mass is 9.95. The minimum Gasteiger partial charge on any atom is -0.507 e. The summed E-state index contributed by atoms with van der Waals surface area (Å²) in [5.74, 6) is -0.631. The van der Waals surface area contributed by atoms with E-state index in [-0.39, 0.29) is 11.3 Å². The van der Waals surface area contributed by atoms with Crippen molar-refractivity contribution in [2.75, 3.05) is 40.4 Å². The molecule has 0 bridgehead atoms. The molecule has 8 nitrogen and oxygen atoms in total. The van der Waals surface area contributed by atoms with E-state index < -0.39 is 17.7 Å². The van der Waals surface area contributed by atoms with Gasteiger partial charge in [0.05, 0.1) is 30.4 Å². The predicted octanol–water partition coefficient (Wildman–Crippen LogP) is 3.25. The van der Waals surface area contributed by atoms with Crippen LogP contribution in [0.25, 0.3) is 5.76 Å². The molecule has 1 aromatic carbocycles. The molecular weight excluding hydrogens is 422 g/mol. The highest BCUT2D eigenvalue weighted by Crippen LogP contribution is 2.41. The van der Waals surface area contributed by atoms with Crippen molar-refractivity contribution in [1.29, 1.82) is 0 Å². The number of carbonyl (C=O) groups excluding carboxylic acids is 2. The molecule has 0 aliphatic carbocycles. The van der Waals surface area contributed by atoms with E-state index in [1.807, 2.05) is 32.8 Å². The number of benzene rings is 1. The number of ether oxygens (including phenoxy) is 2. The number of nitrogens with zero attached hydrogens (tertiary/aromatic N) is 3. The topological polar surface area (TPSA) is 92.2 Å². The Hall–Kier alpha value is -3.39. The van der Waals surface area contributed by atoms with Crippen molar-refractivity contribution >= 4 is 17.4 Å². The Kier molecular flexibility index (Phi) is 8.06. The Balaban J connectivity index is 2.11. The molecule has 1 aliphatic heterocycles. The fourth-order valence-electron chi connectivity index (χ4n) is 3.93. The fourth-order valence-corrected chi connectivity index (χ4v) is 3.93. The largest absolute Gasteiger partial charge is 0.507 e. The second kappa shape index (κ2) is 11.0. The molecule has 1 N–H and O–H groups in total. The molecule has 176 valence electrons. The van der Waals surface area contributed by atoms with Gasteiger partial charge >= 0.3 is 0 Å². The number of aliphatic hydroxyl groups is 1. The van der Waals surface area contributed by atoms with Gasteiger partial charge in [0.1, 0.15) is 17.3 Å². The van der Waals surface area contributed by atoms with Crippen LogP contribution in [0.15, 0.2) is 48.3 Å². The zero-order chi connectivity index (χ0) is 24.0. The van der Waals surface area contributed by atoms with Gasteiger partial charge in [-0.3, -0.25) is 14.6 Å². The average molecular weight is 454 g/mol. The van der Waals surface area contributed by atoms with Crippen molar-refractivity contribution in [1.82, 2.24) is 14.8 Å². The number of pyridine rings is 1. The van der Waals surface area contributed by atoms with E-state index >= 15 is 0 Å². The lowest BCUT2D eigenvalue weighted by Gasteiger charge is -2.26. The number of ketones is 1. The van der Waals surface area contributed by atoms with Crippen LogP contribution >= 0.6 is 0 Å². The number of carbonyl (C=O) groups is 2. The van der Waals surface area contributed by atoms with Gasteiger partial charge < -0.3 is 24.4 Å². The molecule has 3 rings (SSSR count). The first kappa shape index (κ1) is 24.3. The maximum atomic E-state index is 13.1. The highest BCUT2D eigenvalue weighted by Gasteiger charge is 2.46. The zero-order valence-electron chi connectivity index (χ0n) is 19.6. The molecule has 2 aromatic rings. The van der Waals surface area contributed by atoms with Gasteiger partial charge in [0.2, 0.25) is 0 Å². The summed E-state index contributed by atoms with van der Waals surface area (Å²) in [6, 6.07) is 7.83. The summed E-state index contributed by atoms with van der Waals surface area (Å²) in [5.41, 5.74) is 1.09. The number of aliphatic hydroxyl groups excluding tert-OH is 1. The van der Waals surface area contributed by atoms with Crippen molar-refractivity contribution in [2.45, 2.75) is 26.3 Å². The van der Waals surface area contributed by atoms with E-state index in [0.29, 0.717) is 48.8 Å². The van der Waals surface area contributed by atoms with Gasteiger partial charge in [-0.05, 0) is 70.7 Å². The lowest BCUT2D eigenvalue weighted by molar-refractivity contribution is -0.139. The first-order valence-electron chi connectivity index (χ1n) is 11.1. The summed E-state index contributed by atoms with van der Waals surface area (Å²) in [4.78, 5) is 33.8. The van der Waals surface area contributed by atoms with Crippen LogP contribution < -0.4 is 9.47 Å². The minimum atomic E-state index is -0.713. The number of hydrogen-bond donors (Lipinski definition) is 1. The number of amides is 1. The van der Waals surface area contributed by atoms with E-state index in [1.54, 1.807) is 42.7 Å². The van der Waals surface area contributed by atoms with Gasteiger partial charge in [-0.1, -0.05) is 0 Å². The summed E-state index contributed by atoms with van der Waals surface area (Å²) in [6.45, 7) is 5.70. The molecule has 1 saturated heterocycles. The van der Waals surface area contributed by atoms with Gasteiger partial charge in [-0.15, -0.1) is 0 Å². The first-order valence-corrected chi connectivity index (χ1v) is 11.1. The van der Waals surface area contributed by atoms with Gasteiger partial charge in [-0.2, -0.15) is 0 Å². The summed E-state index contributed by atoms with van der Waals surface area (Å²) in [7, 11) is 3.91. The highest BCUT2D eigenvalue weighted by molar-refractivity contribution is 6.46. The van der Waals surface area contributed by atoms with E-state index in [4.69, 9.17) is 9.47 Å². The molecule has 1 amide bonds. The third-order valence-electron chi connectivity index (χ3n) is 5.39. The normalized spacial score (nSPS) is 17.6. The van der Waals surface area contributed by atoms with Crippen LogP contribution in [0.1, 0.15) is 37.4 Å². The van der Waals surface area contributed by atoms with Crippen molar-refractivity contribution in [3.8, 4) is 11.5 Å². The van der Waals surface area contributed by atoms with Gasteiger partial charge in [0, 0.05) is 25.0 Å². The fraction of sp³-hybridized carbons (Fsp3) is 0.400. The molecule has 0 spiro atoms. The lowest BCUT2D eigenvalue weighted by Crippen LogP contribution is -2.32. The number of rotatable bonds is 10. The zero-order valence-corrected chi connectivity index (χ0v) is 19.6. The minimum absolute atomic E-state index is 0.0427. The van der Waals surface area contributed by atoms with E-state index in [1.165, 1.54) is 4.90 Å². The summed E-state index contributed by atoms with van der Waals surface area (Å²) >= 11 is 0. The third-order valence-corrected chi connectivity index (χ3v) is 5.39. The van der Waals surface area contributed by atoms with Crippen LogP contribution in [-0.2, 0) is 9.59 Å². The van der Waals surface area contributed by atoms with Crippen LogP contribution in [0, 0.1) is 0 Å². The van der Waals surface area contributed by atoms with Gasteiger partial charge in [-0.25, -0.2) is 0 Å². The molecule has 2 heterocycles. The predicted molar refractivity (Wildman–Crippen MR) is 125 cm³/mol. The second-order valence-electron chi connectivity index (χ2n) is 7.95. The van der Waals surface area contributed by atoms with E-state index in [9.17, 15) is 14.7 Å². The van der Waals surface area contributed by atoms with Crippen LogP contribution in [0.4, 0.5) is 0 Å². The van der Waals surface area contributed by atoms with Crippen molar-refractivity contribution in [3.63, 3.8) is 0 Å². The smallest absolute Gasteiger partial charge is 0.295 e. The molecule has 1 aliphatic rings. The Bertz CT molecular complexity index is 1020. The number of Topliss-reactive ketones (excluding diaryl/α,β-unsaturated/α-hetero) is 1. The molecule has 8 heteroatoms. The van der Waals surface area contributed by atoms with Crippen molar-refractivity contribution in [3.05, 3.63) is 59.4 Å². The number of hydrogen-bond acceptors (Lipinski definition) is 7. The monoisotopic (exact) mass is 453 g/mol. The molecule has 1 fully saturated rings. The Morgan fingerprint density at radius 3 is 2.42 bits per heavy atom. The molecule has 0 radical (unpaired) electrons. The second-order valence-corrected chi connectivity index (χ2v) is 7.95. The van der Waals surface area contributed by atoms with Crippen LogP contribution in [0.5, 0.6) is 11.5 Å². The maximum absolute atomic E-state index is 13.1. The molecule has 33 heavy (non-hydrogen) atoms. The maximum Gasteiger partial charge on any atom is 0.295 e. The Morgan fingerprint density at radius 2 is 1.79 bits per heavy atom. The van der Waals surface area contributed by atoms with Crippen molar-refractivity contribution in [2.24, 2.45) is 0 Å². The van der Waals surface area contributed by atoms with E-state index in [0.717, 1.165) is 6.54 Å². The van der Waals surface area contributed by atoms with Crippen LogP contribution in [0.3, 0.4) is 0 Å². The van der Waals surface area contributed by atoms with Crippen molar-refractivity contribution < 1.29 is 24.2 Å². The molecule has 0 saturated carbocycles. The van der Waals surface area contributed by atoms with Gasteiger partial charge in [0.15, 0.2) is 0 Å².